The first-order valence-corrected chi connectivity index (χ1v) is 5.62. The molecular weight excluding hydrogens is 206 g/mol. The van der Waals surface area contributed by atoms with Crippen molar-refractivity contribution < 1.29 is 0 Å². The zero-order chi connectivity index (χ0) is 11.3. The topological polar surface area (TPSA) is 12.0 Å². The minimum absolute atomic E-state index is 0.552. The molecule has 0 aromatic heterocycles. The maximum absolute atomic E-state index is 5.94. The molecule has 82 valence electrons. The van der Waals surface area contributed by atoms with E-state index in [-0.39, 0.29) is 0 Å². The molecule has 0 amide bonds. The number of benzene rings is 1. The minimum atomic E-state index is 0.552. The number of hydrogen-bond acceptors (Lipinski definition) is 1. The van der Waals surface area contributed by atoms with Gasteiger partial charge in [-0.05, 0) is 30.7 Å². The molecule has 1 rings (SSSR count). The van der Waals surface area contributed by atoms with Gasteiger partial charge in [-0.1, -0.05) is 49.2 Å². The van der Waals surface area contributed by atoms with Gasteiger partial charge in [-0.3, -0.25) is 0 Å². The van der Waals surface area contributed by atoms with Gasteiger partial charge < -0.3 is 5.32 Å². The highest BCUT2D eigenvalue weighted by Gasteiger charge is 2.02. The summed E-state index contributed by atoms with van der Waals surface area (Å²) in [5, 5.41) is 3.97. The zero-order valence-corrected chi connectivity index (χ0v) is 10.3. The summed E-state index contributed by atoms with van der Waals surface area (Å²) in [6, 6.07) is 7.93. The van der Waals surface area contributed by atoms with E-state index in [0.717, 1.165) is 11.6 Å². The molecule has 1 aromatic rings. The Balaban J connectivity index is 2.91. The Hall–Kier alpha value is -0.790. The number of halogens is 1. The van der Waals surface area contributed by atoms with Gasteiger partial charge in [0.25, 0.3) is 0 Å². The molecule has 0 bridgehead atoms. The Morgan fingerprint density at radius 1 is 1.47 bits per heavy atom. The molecule has 0 aliphatic rings. The Kier molecular flexibility index (Phi) is 4.86. The average molecular weight is 224 g/mol. The van der Waals surface area contributed by atoms with Gasteiger partial charge in [0, 0.05) is 11.6 Å². The van der Waals surface area contributed by atoms with E-state index in [1.54, 1.807) is 0 Å². The van der Waals surface area contributed by atoms with Crippen molar-refractivity contribution in [1.29, 1.82) is 0 Å². The van der Waals surface area contributed by atoms with Crippen LogP contribution in [0.2, 0.25) is 5.02 Å². The van der Waals surface area contributed by atoms with Crippen LogP contribution in [0.25, 0.3) is 6.08 Å². The third kappa shape index (κ3) is 4.06. The molecule has 0 saturated heterocycles. The number of likely N-dealkylation sites (N-methyl/N-ethyl adjacent to an activating group) is 1. The first kappa shape index (κ1) is 12.3. The largest absolute Gasteiger partial charge is 0.316 e. The van der Waals surface area contributed by atoms with Crippen molar-refractivity contribution in [2.24, 2.45) is 5.92 Å². The quantitative estimate of drug-likeness (QED) is 0.823. The van der Waals surface area contributed by atoms with E-state index in [4.69, 9.17) is 11.6 Å². The summed E-state index contributed by atoms with van der Waals surface area (Å²) in [5.41, 5.74) is 2.56. The molecule has 0 fully saturated rings. The van der Waals surface area contributed by atoms with Crippen LogP contribution in [0.1, 0.15) is 19.4 Å². The highest BCUT2D eigenvalue weighted by molar-refractivity contribution is 6.30. The van der Waals surface area contributed by atoms with Crippen LogP contribution >= 0.6 is 11.6 Å². The fourth-order valence-corrected chi connectivity index (χ4v) is 1.64. The lowest BCUT2D eigenvalue weighted by Crippen LogP contribution is -2.13. The second-order valence-corrected chi connectivity index (χ2v) is 4.40. The summed E-state index contributed by atoms with van der Waals surface area (Å²) in [4.78, 5) is 0. The van der Waals surface area contributed by atoms with E-state index in [9.17, 15) is 0 Å². The van der Waals surface area contributed by atoms with Crippen molar-refractivity contribution in [1.82, 2.24) is 5.32 Å². The van der Waals surface area contributed by atoms with Gasteiger partial charge in [-0.25, -0.2) is 0 Å². The Labute approximate surface area is 97.1 Å². The fraction of sp³-hybridized carbons (Fsp3) is 0.385. The molecule has 0 aliphatic carbocycles. The van der Waals surface area contributed by atoms with Gasteiger partial charge in [0.1, 0.15) is 0 Å². The molecule has 0 heterocycles. The molecule has 0 spiro atoms. The number of nitrogens with one attached hydrogen (secondary N) is 1. The van der Waals surface area contributed by atoms with Crippen molar-refractivity contribution in [3.05, 3.63) is 40.4 Å². The van der Waals surface area contributed by atoms with Crippen LogP contribution in [-0.2, 0) is 0 Å². The first-order chi connectivity index (χ1) is 7.13. The maximum atomic E-state index is 5.94. The molecular formula is C13H18ClN. The average Bonchev–Trinajstić information content (AvgIpc) is 2.17. The van der Waals surface area contributed by atoms with E-state index in [0.29, 0.717) is 5.92 Å². The Morgan fingerprint density at radius 2 is 2.20 bits per heavy atom. The molecule has 0 radical (unpaired) electrons. The summed E-state index contributed by atoms with van der Waals surface area (Å²) in [6.07, 6.45) is 2.20. The summed E-state index contributed by atoms with van der Waals surface area (Å²) in [7, 11) is 1.97. The van der Waals surface area contributed by atoms with Crippen LogP contribution in [0.5, 0.6) is 0 Å². The third-order valence-electron chi connectivity index (χ3n) is 2.32. The van der Waals surface area contributed by atoms with Crippen molar-refractivity contribution in [2.75, 3.05) is 13.6 Å². The maximum Gasteiger partial charge on any atom is 0.0411 e. The van der Waals surface area contributed by atoms with E-state index in [1.165, 1.54) is 11.1 Å². The molecule has 0 unspecified atom stereocenters. The lowest BCUT2D eigenvalue weighted by molar-refractivity contribution is 0.713. The van der Waals surface area contributed by atoms with Gasteiger partial charge in [0.2, 0.25) is 0 Å². The van der Waals surface area contributed by atoms with Gasteiger partial charge in [-0.15, -0.1) is 0 Å². The summed E-state index contributed by atoms with van der Waals surface area (Å²) < 4.78 is 0. The molecule has 1 nitrogen and oxygen atoms in total. The van der Waals surface area contributed by atoms with Crippen molar-refractivity contribution >= 4 is 17.7 Å². The highest BCUT2D eigenvalue weighted by Crippen LogP contribution is 2.17. The van der Waals surface area contributed by atoms with E-state index in [1.807, 2.05) is 25.2 Å². The van der Waals surface area contributed by atoms with Gasteiger partial charge in [0.15, 0.2) is 0 Å². The van der Waals surface area contributed by atoms with Crippen LogP contribution in [0, 0.1) is 5.92 Å². The van der Waals surface area contributed by atoms with Gasteiger partial charge >= 0.3 is 0 Å². The number of hydrogen-bond donors (Lipinski definition) is 1. The molecule has 0 atom stereocenters. The lowest BCUT2D eigenvalue weighted by atomic mass is 10.0. The third-order valence-corrected chi connectivity index (χ3v) is 2.56. The molecule has 1 N–H and O–H groups in total. The predicted molar refractivity (Wildman–Crippen MR) is 68.2 cm³/mol. The highest BCUT2D eigenvalue weighted by atomic mass is 35.5. The van der Waals surface area contributed by atoms with Gasteiger partial charge in [-0.2, -0.15) is 0 Å². The minimum Gasteiger partial charge on any atom is -0.316 e. The SMILES string of the molecule is CNCC(=Cc1cccc(Cl)c1)C(C)C. The van der Waals surface area contributed by atoms with Crippen LogP contribution < -0.4 is 5.32 Å². The lowest BCUT2D eigenvalue weighted by Gasteiger charge is -2.10. The van der Waals surface area contributed by atoms with Gasteiger partial charge in [0.05, 0.1) is 0 Å². The molecule has 2 heteroatoms. The fourth-order valence-electron chi connectivity index (χ4n) is 1.44. The summed E-state index contributed by atoms with van der Waals surface area (Å²) in [5.74, 6) is 0.552. The van der Waals surface area contributed by atoms with Crippen molar-refractivity contribution in [3.63, 3.8) is 0 Å². The number of rotatable bonds is 4. The molecule has 15 heavy (non-hydrogen) atoms. The normalized spacial score (nSPS) is 12.2. The van der Waals surface area contributed by atoms with Crippen molar-refractivity contribution in [3.8, 4) is 0 Å². The smallest absolute Gasteiger partial charge is 0.0411 e. The summed E-state index contributed by atoms with van der Waals surface area (Å²) >= 11 is 5.94. The van der Waals surface area contributed by atoms with E-state index in [2.05, 4.69) is 31.3 Å². The molecule has 0 aliphatic heterocycles. The van der Waals surface area contributed by atoms with Crippen LogP contribution in [-0.4, -0.2) is 13.6 Å². The first-order valence-electron chi connectivity index (χ1n) is 5.24. The second kappa shape index (κ2) is 5.94. The summed E-state index contributed by atoms with van der Waals surface area (Å²) in [6.45, 7) is 5.33. The van der Waals surface area contributed by atoms with Crippen LogP contribution in [0.15, 0.2) is 29.8 Å². The van der Waals surface area contributed by atoms with Crippen LogP contribution in [0.3, 0.4) is 0 Å². The van der Waals surface area contributed by atoms with E-state index < -0.39 is 0 Å². The standard InChI is InChI=1S/C13H18ClN/c1-10(2)12(9-15-3)7-11-5-4-6-13(14)8-11/h4-8,10,15H,9H2,1-3H3. The predicted octanol–water partition coefficient (Wildman–Crippen LogP) is 3.60. The van der Waals surface area contributed by atoms with Crippen molar-refractivity contribution in [2.45, 2.75) is 13.8 Å². The zero-order valence-electron chi connectivity index (χ0n) is 9.55. The second-order valence-electron chi connectivity index (χ2n) is 3.96. The van der Waals surface area contributed by atoms with Crippen LogP contribution in [0.4, 0.5) is 0 Å². The Bertz CT molecular complexity index is 342. The van der Waals surface area contributed by atoms with E-state index >= 15 is 0 Å². The molecule has 0 saturated carbocycles. The monoisotopic (exact) mass is 223 g/mol. The Morgan fingerprint density at radius 3 is 2.73 bits per heavy atom. The molecule has 1 aromatic carbocycles.